The molecule has 2 atom stereocenters. The third-order valence-electron chi connectivity index (χ3n) is 2.92. The van der Waals surface area contributed by atoms with Crippen LogP contribution in [0.1, 0.15) is 36.6 Å². The highest BCUT2D eigenvalue weighted by molar-refractivity contribution is 14.1. The zero-order valence-electron chi connectivity index (χ0n) is 8.30. The first-order valence-electron chi connectivity index (χ1n) is 5.04. The fourth-order valence-electron chi connectivity index (χ4n) is 2.18. The Kier molecular flexibility index (Phi) is 3.72. The average molecular weight is 362 g/mol. The molecule has 1 heterocycles. The molecule has 1 aliphatic carbocycles. The molecule has 0 amide bonds. The topological polar surface area (TPSA) is 25.8 Å². The third-order valence-corrected chi connectivity index (χ3v) is 4.64. The number of hydrogen-bond acceptors (Lipinski definition) is 3. The van der Waals surface area contributed by atoms with Gasteiger partial charge in [-0.2, -0.15) is 13.2 Å². The second-order valence-electron chi connectivity index (χ2n) is 3.93. The van der Waals surface area contributed by atoms with Crippen LogP contribution in [0.2, 0.25) is 0 Å². The minimum atomic E-state index is -4.11. The Morgan fingerprint density at radius 2 is 1.88 bits per heavy atom. The lowest BCUT2D eigenvalue weighted by molar-refractivity contribution is -0.187. The summed E-state index contributed by atoms with van der Waals surface area (Å²) in [6.45, 7) is 0. The molecule has 0 spiro atoms. The summed E-state index contributed by atoms with van der Waals surface area (Å²) in [4.78, 5) is 0. The smallest absolute Gasteiger partial charge is 0.171 e. The van der Waals surface area contributed by atoms with Gasteiger partial charge in [0.15, 0.2) is 3.01 Å². The van der Waals surface area contributed by atoms with Crippen molar-refractivity contribution in [3.8, 4) is 0 Å². The standard InChI is InChI=1S/C9H10F3IN2S/c10-9(11,12)6-4-2-1-3-5(6)7-14-15-8(13)16-7/h5-6H,1-4H2. The predicted molar refractivity (Wildman–Crippen MR) is 63.4 cm³/mol. The monoisotopic (exact) mass is 362 g/mol. The van der Waals surface area contributed by atoms with Gasteiger partial charge in [0.1, 0.15) is 5.01 Å². The third kappa shape index (κ3) is 2.66. The Hall–Kier alpha value is 0.0800. The molecule has 0 aromatic carbocycles. The van der Waals surface area contributed by atoms with E-state index >= 15 is 0 Å². The maximum absolute atomic E-state index is 12.8. The van der Waals surface area contributed by atoms with Crippen LogP contribution in [0.25, 0.3) is 0 Å². The van der Waals surface area contributed by atoms with Crippen molar-refractivity contribution in [2.45, 2.75) is 37.8 Å². The predicted octanol–water partition coefficient (Wildman–Crippen LogP) is 3.98. The van der Waals surface area contributed by atoms with Gasteiger partial charge < -0.3 is 0 Å². The van der Waals surface area contributed by atoms with Gasteiger partial charge >= 0.3 is 6.18 Å². The van der Waals surface area contributed by atoms with E-state index in [0.29, 0.717) is 20.9 Å². The molecule has 0 bridgehead atoms. The zero-order chi connectivity index (χ0) is 11.8. The first kappa shape index (κ1) is 12.5. The van der Waals surface area contributed by atoms with Gasteiger partial charge in [-0.1, -0.05) is 24.2 Å². The zero-order valence-corrected chi connectivity index (χ0v) is 11.3. The van der Waals surface area contributed by atoms with Crippen LogP contribution >= 0.6 is 33.9 Å². The van der Waals surface area contributed by atoms with Gasteiger partial charge in [-0.25, -0.2) is 0 Å². The average Bonchev–Trinajstić information content (AvgIpc) is 2.64. The molecule has 1 aromatic heterocycles. The highest BCUT2D eigenvalue weighted by Gasteiger charge is 2.47. The number of nitrogens with zero attached hydrogens (tertiary/aromatic N) is 2. The molecule has 90 valence electrons. The number of aromatic nitrogens is 2. The highest BCUT2D eigenvalue weighted by Crippen LogP contribution is 2.46. The van der Waals surface area contributed by atoms with E-state index in [9.17, 15) is 13.2 Å². The first-order chi connectivity index (χ1) is 7.48. The van der Waals surface area contributed by atoms with Crippen molar-refractivity contribution in [1.82, 2.24) is 10.2 Å². The maximum atomic E-state index is 12.8. The lowest BCUT2D eigenvalue weighted by Crippen LogP contribution is -2.31. The van der Waals surface area contributed by atoms with Crippen molar-refractivity contribution in [1.29, 1.82) is 0 Å². The van der Waals surface area contributed by atoms with E-state index in [0.717, 1.165) is 6.42 Å². The minimum absolute atomic E-state index is 0.227. The Morgan fingerprint density at radius 3 is 2.44 bits per heavy atom. The summed E-state index contributed by atoms with van der Waals surface area (Å²) in [7, 11) is 0. The lowest BCUT2D eigenvalue weighted by Gasteiger charge is -2.31. The van der Waals surface area contributed by atoms with Crippen molar-refractivity contribution in [3.05, 3.63) is 8.02 Å². The fraction of sp³-hybridized carbons (Fsp3) is 0.778. The molecule has 1 saturated carbocycles. The molecule has 0 aliphatic heterocycles. The Labute approximate surface area is 109 Å². The molecule has 2 nitrogen and oxygen atoms in total. The van der Waals surface area contributed by atoms with Crippen LogP contribution in [0.3, 0.4) is 0 Å². The number of rotatable bonds is 1. The van der Waals surface area contributed by atoms with Gasteiger partial charge in [0.05, 0.1) is 5.92 Å². The molecular formula is C9H10F3IN2S. The summed E-state index contributed by atoms with van der Waals surface area (Å²) in [6.07, 6.45) is -1.79. The molecule has 2 rings (SSSR count). The maximum Gasteiger partial charge on any atom is 0.392 e. The van der Waals surface area contributed by atoms with Crippen LogP contribution in [-0.4, -0.2) is 16.4 Å². The first-order valence-corrected chi connectivity index (χ1v) is 6.93. The van der Waals surface area contributed by atoms with Gasteiger partial charge in [-0.3, -0.25) is 0 Å². The highest BCUT2D eigenvalue weighted by atomic mass is 127. The Morgan fingerprint density at radius 1 is 1.19 bits per heavy atom. The molecule has 1 fully saturated rings. The van der Waals surface area contributed by atoms with Gasteiger partial charge in [0, 0.05) is 5.92 Å². The summed E-state index contributed by atoms with van der Waals surface area (Å²) in [5.74, 6) is -1.71. The van der Waals surface area contributed by atoms with Crippen molar-refractivity contribution in [3.63, 3.8) is 0 Å². The van der Waals surface area contributed by atoms with Crippen LogP contribution in [-0.2, 0) is 0 Å². The van der Waals surface area contributed by atoms with Crippen LogP contribution in [0.4, 0.5) is 13.2 Å². The molecule has 0 saturated heterocycles. The van der Waals surface area contributed by atoms with Crippen molar-refractivity contribution < 1.29 is 13.2 Å². The van der Waals surface area contributed by atoms with E-state index in [1.807, 2.05) is 22.6 Å². The molecule has 1 aromatic rings. The van der Waals surface area contributed by atoms with Crippen molar-refractivity contribution >= 4 is 33.9 Å². The summed E-state index contributed by atoms with van der Waals surface area (Å²) in [5.41, 5.74) is 0. The summed E-state index contributed by atoms with van der Waals surface area (Å²) < 4.78 is 39.2. The van der Waals surface area contributed by atoms with E-state index in [1.54, 1.807) is 0 Å². The van der Waals surface area contributed by atoms with E-state index in [2.05, 4.69) is 10.2 Å². The van der Waals surface area contributed by atoms with Crippen molar-refractivity contribution in [2.24, 2.45) is 5.92 Å². The number of hydrogen-bond donors (Lipinski definition) is 0. The quantitative estimate of drug-likeness (QED) is 0.707. The minimum Gasteiger partial charge on any atom is -0.171 e. The van der Waals surface area contributed by atoms with Crippen LogP contribution in [0, 0.1) is 8.93 Å². The van der Waals surface area contributed by atoms with E-state index in [1.165, 1.54) is 11.3 Å². The second-order valence-corrected chi connectivity index (χ2v) is 6.70. The van der Waals surface area contributed by atoms with Crippen LogP contribution in [0.15, 0.2) is 0 Å². The molecule has 2 unspecified atom stereocenters. The molecule has 0 radical (unpaired) electrons. The van der Waals surface area contributed by atoms with E-state index in [4.69, 9.17) is 0 Å². The normalized spacial score (nSPS) is 27.0. The Bertz CT molecular complexity index is 366. The second kappa shape index (κ2) is 4.75. The van der Waals surface area contributed by atoms with Gasteiger partial charge in [0.25, 0.3) is 0 Å². The lowest BCUT2D eigenvalue weighted by atomic mass is 9.79. The van der Waals surface area contributed by atoms with Crippen molar-refractivity contribution in [2.75, 3.05) is 0 Å². The van der Waals surface area contributed by atoms with E-state index < -0.39 is 18.0 Å². The number of halogens is 4. The number of alkyl halides is 3. The van der Waals surface area contributed by atoms with Crippen LogP contribution in [0.5, 0.6) is 0 Å². The summed E-state index contributed by atoms with van der Waals surface area (Å²) in [6, 6.07) is 0. The van der Waals surface area contributed by atoms with Gasteiger partial charge in [-0.05, 0) is 35.4 Å². The van der Waals surface area contributed by atoms with Crippen LogP contribution < -0.4 is 0 Å². The Balaban J connectivity index is 2.23. The summed E-state index contributed by atoms with van der Waals surface area (Å²) >= 11 is 3.27. The molecular weight excluding hydrogens is 352 g/mol. The molecule has 16 heavy (non-hydrogen) atoms. The SMILES string of the molecule is FC(F)(F)C1CCCCC1c1nnc(I)s1. The van der Waals surface area contributed by atoms with Gasteiger partial charge in [-0.15, -0.1) is 10.2 Å². The molecule has 7 heteroatoms. The summed E-state index contributed by atoms with van der Waals surface area (Å²) in [5, 5.41) is 8.21. The van der Waals surface area contributed by atoms with E-state index in [-0.39, 0.29) is 6.42 Å². The fourth-order valence-corrected chi connectivity index (χ4v) is 3.74. The largest absolute Gasteiger partial charge is 0.392 e. The molecule has 1 aliphatic rings. The molecule has 0 N–H and O–H groups in total. The van der Waals surface area contributed by atoms with Gasteiger partial charge in [0.2, 0.25) is 0 Å².